The average molecular weight is 419 g/mol. The van der Waals surface area contributed by atoms with Crippen molar-refractivity contribution in [1.29, 1.82) is 0 Å². The molecule has 1 amide bonds. The lowest BCUT2D eigenvalue weighted by molar-refractivity contribution is -0.126. The van der Waals surface area contributed by atoms with Gasteiger partial charge in [0.1, 0.15) is 0 Å². The number of carboxylic acid groups (broad SMARTS) is 1. The molecular weight excluding hydrogens is 394 g/mol. The molecule has 1 fully saturated rings. The lowest BCUT2D eigenvalue weighted by atomic mass is 9.70. The Morgan fingerprint density at radius 3 is 2.84 bits per heavy atom. The molecule has 1 aliphatic carbocycles. The molecule has 3 aromatic rings. The zero-order valence-corrected chi connectivity index (χ0v) is 17.5. The Morgan fingerprint density at radius 2 is 2.03 bits per heavy atom. The number of nitrogens with zero attached hydrogens (tertiary/aromatic N) is 3. The third kappa shape index (κ3) is 3.20. The highest BCUT2D eigenvalue weighted by atomic mass is 16.5. The van der Waals surface area contributed by atoms with Gasteiger partial charge in [-0.1, -0.05) is 18.2 Å². The number of hydrogen-bond donors (Lipinski definition) is 1. The summed E-state index contributed by atoms with van der Waals surface area (Å²) in [5, 5.41) is 9.26. The van der Waals surface area contributed by atoms with Crippen LogP contribution in [0.4, 0.5) is 5.95 Å². The van der Waals surface area contributed by atoms with Crippen LogP contribution < -0.4 is 4.90 Å². The molecule has 0 saturated carbocycles. The van der Waals surface area contributed by atoms with E-state index in [-0.39, 0.29) is 5.91 Å². The summed E-state index contributed by atoms with van der Waals surface area (Å²) >= 11 is 0. The van der Waals surface area contributed by atoms with Crippen LogP contribution in [0.25, 0.3) is 11.0 Å². The molecule has 1 aliphatic heterocycles. The first-order valence-corrected chi connectivity index (χ1v) is 10.6. The Balaban J connectivity index is 1.47. The van der Waals surface area contributed by atoms with E-state index in [1.807, 2.05) is 35.2 Å². The zero-order valence-electron chi connectivity index (χ0n) is 17.5. The van der Waals surface area contributed by atoms with Crippen molar-refractivity contribution in [2.45, 2.75) is 32.2 Å². The second kappa shape index (κ2) is 7.50. The topological polar surface area (TPSA) is 84.7 Å². The van der Waals surface area contributed by atoms with Crippen molar-refractivity contribution in [3.05, 3.63) is 59.2 Å². The van der Waals surface area contributed by atoms with Gasteiger partial charge >= 0.3 is 5.97 Å². The Kier molecular flexibility index (Phi) is 4.78. The van der Waals surface area contributed by atoms with Crippen LogP contribution in [0.1, 0.15) is 34.3 Å². The molecule has 31 heavy (non-hydrogen) atoms. The molecule has 0 bridgehead atoms. The number of aromatic nitrogens is 2. The fourth-order valence-electron chi connectivity index (χ4n) is 5.07. The van der Waals surface area contributed by atoms with Crippen molar-refractivity contribution in [3.63, 3.8) is 0 Å². The molecule has 0 radical (unpaired) electrons. The highest BCUT2D eigenvalue weighted by Crippen LogP contribution is 2.45. The number of carbonyl (C=O) groups is 2. The largest absolute Gasteiger partial charge is 0.478 e. The highest BCUT2D eigenvalue weighted by Gasteiger charge is 2.49. The number of benzene rings is 2. The third-order valence-corrected chi connectivity index (χ3v) is 6.76. The lowest BCUT2D eigenvalue weighted by Crippen LogP contribution is -2.39. The molecule has 2 aliphatic rings. The predicted octanol–water partition coefficient (Wildman–Crippen LogP) is 3.29. The molecule has 0 unspecified atom stereocenters. The molecule has 1 aromatic heterocycles. The van der Waals surface area contributed by atoms with Gasteiger partial charge in [-0.2, -0.15) is 0 Å². The molecule has 1 saturated heterocycles. The van der Waals surface area contributed by atoms with E-state index in [9.17, 15) is 14.7 Å². The van der Waals surface area contributed by atoms with Gasteiger partial charge in [0, 0.05) is 20.2 Å². The van der Waals surface area contributed by atoms with Crippen molar-refractivity contribution in [2.75, 3.05) is 25.2 Å². The zero-order chi connectivity index (χ0) is 21.6. The number of ether oxygens (including phenoxy) is 1. The van der Waals surface area contributed by atoms with Gasteiger partial charge in [0.15, 0.2) is 0 Å². The molecule has 1 spiro atoms. The Bertz CT molecular complexity index is 1180. The van der Waals surface area contributed by atoms with E-state index >= 15 is 0 Å². The highest BCUT2D eigenvalue weighted by molar-refractivity contribution is 6.00. The summed E-state index contributed by atoms with van der Waals surface area (Å²) in [6, 6.07) is 13.2. The van der Waals surface area contributed by atoms with Gasteiger partial charge in [0.05, 0.1) is 28.6 Å². The number of aromatic carboxylic acids is 1. The van der Waals surface area contributed by atoms with Gasteiger partial charge < -0.3 is 14.4 Å². The molecule has 2 heterocycles. The van der Waals surface area contributed by atoms with Gasteiger partial charge in [0.25, 0.3) is 0 Å². The first kappa shape index (κ1) is 19.8. The SMILES string of the molecule is COCCn1c(N2CC[C@@]3(CCc4cc(C(=O)O)ccc4C3)C2=O)nc2ccccc21. The summed E-state index contributed by atoms with van der Waals surface area (Å²) in [6.07, 6.45) is 2.88. The number of fused-ring (bicyclic) bond motifs is 2. The Labute approximate surface area is 180 Å². The molecular formula is C24H25N3O4. The van der Waals surface area contributed by atoms with Crippen LogP contribution in [0.2, 0.25) is 0 Å². The van der Waals surface area contributed by atoms with E-state index in [1.165, 1.54) is 0 Å². The first-order chi connectivity index (χ1) is 15.0. The van der Waals surface area contributed by atoms with Gasteiger partial charge in [-0.3, -0.25) is 9.69 Å². The first-order valence-electron chi connectivity index (χ1n) is 10.6. The van der Waals surface area contributed by atoms with Crippen molar-refractivity contribution in [2.24, 2.45) is 5.41 Å². The van der Waals surface area contributed by atoms with Crippen LogP contribution in [0.5, 0.6) is 0 Å². The summed E-state index contributed by atoms with van der Waals surface area (Å²) < 4.78 is 7.37. The number of rotatable bonds is 5. The summed E-state index contributed by atoms with van der Waals surface area (Å²) in [6.45, 7) is 1.81. The van der Waals surface area contributed by atoms with E-state index in [1.54, 1.807) is 19.2 Å². The van der Waals surface area contributed by atoms with Crippen LogP contribution in [0, 0.1) is 5.41 Å². The summed E-state index contributed by atoms with van der Waals surface area (Å²) in [5.74, 6) is -0.109. The van der Waals surface area contributed by atoms with Gasteiger partial charge in [-0.25, -0.2) is 9.78 Å². The summed E-state index contributed by atoms with van der Waals surface area (Å²) in [4.78, 5) is 31.6. The number of hydrogen-bond acceptors (Lipinski definition) is 4. The lowest BCUT2D eigenvalue weighted by Gasteiger charge is -2.33. The number of aryl methyl sites for hydroxylation is 1. The minimum Gasteiger partial charge on any atom is -0.478 e. The fraction of sp³-hybridized carbons (Fsp3) is 0.375. The number of anilines is 1. The van der Waals surface area contributed by atoms with Crippen LogP contribution >= 0.6 is 0 Å². The third-order valence-electron chi connectivity index (χ3n) is 6.76. The molecule has 1 atom stereocenters. The Morgan fingerprint density at radius 1 is 1.19 bits per heavy atom. The van der Waals surface area contributed by atoms with Crippen molar-refractivity contribution in [1.82, 2.24) is 9.55 Å². The number of methoxy groups -OCH3 is 1. The number of carboxylic acids is 1. The number of para-hydroxylation sites is 2. The van der Waals surface area contributed by atoms with Crippen molar-refractivity contribution < 1.29 is 19.4 Å². The Hall–Kier alpha value is -3.19. The molecule has 160 valence electrons. The van der Waals surface area contributed by atoms with Gasteiger partial charge in [-0.15, -0.1) is 0 Å². The quantitative estimate of drug-likeness (QED) is 0.686. The summed E-state index contributed by atoms with van der Waals surface area (Å²) in [5.41, 5.74) is 3.86. The second-order valence-corrected chi connectivity index (χ2v) is 8.50. The minimum atomic E-state index is -0.916. The van der Waals surface area contributed by atoms with Crippen LogP contribution in [0.3, 0.4) is 0 Å². The van der Waals surface area contributed by atoms with Crippen molar-refractivity contribution in [3.8, 4) is 0 Å². The standard InChI is InChI=1S/C24H25N3O4/c1-31-13-12-26-20-5-3-2-4-19(20)25-23(26)27-11-10-24(22(27)30)9-8-16-14-17(21(28)29)6-7-18(16)15-24/h2-7,14H,8-13,15H2,1H3,(H,28,29)/t24-/m1/s1. The van der Waals surface area contributed by atoms with Gasteiger partial charge in [0.2, 0.25) is 11.9 Å². The second-order valence-electron chi connectivity index (χ2n) is 8.50. The van der Waals surface area contributed by atoms with E-state index in [0.29, 0.717) is 37.6 Å². The molecule has 7 heteroatoms. The van der Waals surface area contributed by atoms with E-state index < -0.39 is 11.4 Å². The normalized spacial score (nSPS) is 20.5. The maximum Gasteiger partial charge on any atom is 0.335 e. The molecule has 2 aromatic carbocycles. The van der Waals surface area contributed by atoms with Crippen LogP contribution in [0.15, 0.2) is 42.5 Å². The molecule has 7 nitrogen and oxygen atoms in total. The van der Waals surface area contributed by atoms with E-state index in [0.717, 1.165) is 41.4 Å². The molecule has 5 rings (SSSR count). The van der Waals surface area contributed by atoms with Gasteiger partial charge in [-0.05, 0) is 61.1 Å². The number of imidazole rings is 1. The predicted molar refractivity (Wildman–Crippen MR) is 116 cm³/mol. The van der Waals surface area contributed by atoms with E-state index in [4.69, 9.17) is 9.72 Å². The van der Waals surface area contributed by atoms with E-state index in [2.05, 4.69) is 4.57 Å². The molecule has 1 N–H and O–H groups in total. The maximum atomic E-state index is 13.7. The average Bonchev–Trinajstić information content (AvgIpc) is 3.29. The monoisotopic (exact) mass is 419 g/mol. The van der Waals surface area contributed by atoms with Crippen molar-refractivity contribution >= 4 is 28.9 Å². The number of amides is 1. The number of carbonyl (C=O) groups excluding carboxylic acids is 1. The fourth-order valence-corrected chi connectivity index (χ4v) is 5.07. The smallest absolute Gasteiger partial charge is 0.335 e. The van der Waals surface area contributed by atoms with Crippen LogP contribution in [-0.4, -0.2) is 46.8 Å². The minimum absolute atomic E-state index is 0.120. The van der Waals surface area contributed by atoms with Crippen LogP contribution in [-0.2, 0) is 28.9 Å². The maximum absolute atomic E-state index is 13.7. The summed E-state index contributed by atoms with van der Waals surface area (Å²) in [7, 11) is 1.67.